The Morgan fingerprint density at radius 1 is 1.19 bits per heavy atom. The Morgan fingerprint density at radius 3 is 2.86 bits per heavy atom. The number of thioether (sulfide) groups is 1. The monoisotopic (exact) mass is 316 g/mol. The molecule has 0 aliphatic carbocycles. The minimum atomic E-state index is -0.387. The lowest BCUT2D eigenvalue weighted by Crippen LogP contribution is -2.30. The van der Waals surface area contributed by atoms with Crippen LogP contribution in [-0.4, -0.2) is 15.9 Å². The number of carbonyl (C=O) groups is 1. The van der Waals surface area contributed by atoms with Crippen LogP contribution in [0.5, 0.6) is 0 Å². The number of pyridine rings is 1. The van der Waals surface area contributed by atoms with Crippen LogP contribution in [0, 0.1) is 0 Å². The van der Waals surface area contributed by atoms with Crippen LogP contribution >= 0.6 is 23.1 Å². The van der Waals surface area contributed by atoms with Crippen molar-refractivity contribution < 1.29 is 4.79 Å². The van der Waals surface area contributed by atoms with E-state index in [-0.39, 0.29) is 5.91 Å². The van der Waals surface area contributed by atoms with E-state index < -0.39 is 0 Å². The molecule has 2 heterocycles. The number of nitrogens with zero attached hydrogens (tertiary/aromatic N) is 2. The number of hydrogen-bond acceptors (Lipinski definition) is 6. The van der Waals surface area contributed by atoms with Gasteiger partial charge >= 0.3 is 0 Å². The third-order valence-corrected chi connectivity index (χ3v) is 5.00. The van der Waals surface area contributed by atoms with E-state index >= 15 is 0 Å². The van der Waals surface area contributed by atoms with Gasteiger partial charge in [0.05, 0.1) is 15.9 Å². The van der Waals surface area contributed by atoms with Gasteiger partial charge in [0.25, 0.3) is 5.91 Å². The Labute approximate surface area is 129 Å². The fourth-order valence-electron chi connectivity index (χ4n) is 1.81. The smallest absolute Gasteiger partial charge is 0.283 e. The van der Waals surface area contributed by atoms with Gasteiger partial charge in [-0.1, -0.05) is 30.0 Å². The molecule has 0 bridgehead atoms. The first-order valence-corrected chi connectivity index (χ1v) is 8.02. The molecule has 106 valence electrons. The largest absolute Gasteiger partial charge is 0.289 e. The fraction of sp³-hybridized carbons (Fsp3) is 0.0714. The Kier molecular flexibility index (Phi) is 4.14. The quantitative estimate of drug-likeness (QED) is 0.335. The molecular formula is C14H12N4OS2. The van der Waals surface area contributed by atoms with Crippen molar-refractivity contribution in [1.29, 1.82) is 0 Å². The summed E-state index contributed by atoms with van der Waals surface area (Å²) in [6.45, 7) is 0. The standard InChI is InChI=1S/C14H12N4OS2/c15-18-13(19)11-6-3-4-9(16-11)8-20-14-17-10-5-1-2-7-12(10)21-14/h1-7H,8,15H2,(H,18,19). The van der Waals surface area contributed by atoms with Gasteiger partial charge in [0.15, 0.2) is 4.34 Å². The number of nitrogens with two attached hydrogens (primary N) is 1. The molecule has 0 unspecified atom stereocenters. The third-order valence-electron chi connectivity index (χ3n) is 2.79. The number of rotatable bonds is 4. The molecule has 2 aromatic heterocycles. The second-order valence-electron chi connectivity index (χ2n) is 4.22. The number of thiazole rings is 1. The number of amides is 1. The van der Waals surface area contributed by atoms with E-state index in [0.717, 1.165) is 15.6 Å². The molecule has 0 saturated heterocycles. The maximum Gasteiger partial charge on any atom is 0.283 e. The van der Waals surface area contributed by atoms with Crippen molar-refractivity contribution in [2.75, 3.05) is 0 Å². The zero-order valence-electron chi connectivity index (χ0n) is 10.9. The van der Waals surface area contributed by atoms with Crippen LogP contribution in [0.15, 0.2) is 46.8 Å². The molecular weight excluding hydrogens is 304 g/mol. The van der Waals surface area contributed by atoms with Gasteiger partial charge in [-0.25, -0.2) is 15.8 Å². The Balaban J connectivity index is 1.73. The highest BCUT2D eigenvalue weighted by atomic mass is 32.2. The molecule has 0 spiro atoms. The van der Waals surface area contributed by atoms with Gasteiger partial charge in [-0.15, -0.1) is 11.3 Å². The minimum absolute atomic E-state index is 0.319. The molecule has 5 nitrogen and oxygen atoms in total. The molecule has 0 atom stereocenters. The normalized spacial score (nSPS) is 10.7. The van der Waals surface area contributed by atoms with Crippen molar-refractivity contribution in [3.8, 4) is 0 Å². The van der Waals surface area contributed by atoms with Crippen molar-refractivity contribution in [2.24, 2.45) is 5.84 Å². The molecule has 1 amide bonds. The Bertz CT molecular complexity index is 754. The van der Waals surface area contributed by atoms with Gasteiger partial charge in [0, 0.05) is 5.75 Å². The number of nitrogen functional groups attached to an aromatic ring is 1. The summed E-state index contributed by atoms with van der Waals surface area (Å²) in [5.41, 5.74) is 4.23. The summed E-state index contributed by atoms with van der Waals surface area (Å²) in [5.74, 6) is 5.38. The average Bonchev–Trinajstić information content (AvgIpc) is 2.95. The van der Waals surface area contributed by atoms with E-state index in [9.17, 15) is 4.79 Å². The van der Waals surface area contributed by atoms with Crippen LogP contribution in [-0.2, 0) is 5.75 Å². The highest BCUT2D eigenvalue weighted by molar-refractivity contribution is 8.00. The second kappa shape index (κ2) is 6.21. The molecule has 0 aliphatic rings. The summed E-state index contributed by atoms with van der Waals surface area (Å²) in [6, 6.07) is 13.4. The number of para-hydroxylation sites is 1. The van der Waals surface area contributed by atoms with E-state index in [1.807, 2.05) is 24.3 Å². The molecule has 21 heavy (non-hydrogen) atoms. The summed E-state index contributed by atoms with van der Waals surface area (Å²) < 4.78 is 2.16. The van der Waals surface area contributed by atoms with Crippen molar-refractivity contribution in [1.82, 2.24) is 15.4 Å². The predicted molar refractivity (Wildman–Crippen MR) is 85.1 cm³/mol. The fourth-order valence-corrected chi connectivity index (χ4v) is 3.78. The Hall–Kier alpha value is -1.96. The lowest BCUT2D eigenvalue weighted by atomic mass is 10.3. The summed E-state index contributed by atoms with van der Waals surface area (Å²) >= 11 is 3.27. The van der Waals surface area contributed by atoms with Crippen LogP contribution in [0.4, 0.5) is 0 Å². The molecule has 3 N–H and O–H groups in total. The van der Waals surface area contributed by atoms with E-state index in [1.54, 1.807) is 35.2 Å². The van der Waals surface area contributed by atoms with E-state index in [2.05, 4.69) is 21.5 Å². The van der Waals surface area contributed by atoms with Crippen molar-refractivity contribution >= 4 is 39.2 Å². The van der Waals surface area contributed by atoms with Crippen LogP contribution < -0.4 is 11.3 Å². The highest BCUT2D eigenvalue weighted by Gasteiger charge is 2.08. The summed E-state index contributed by atoms with van der Waals surface area (Å²) in [4.78, 5) is 20.3. The first-order valence-electron chi connectivity index (χ1n) is 6.21. The molecule has 1 aromatic carbocycles. The van der Waals surface area contributed by atoms with E-state index in [4.69, 9.17) is 5.84 Å². The first kappa shape index (κ1) is 14.0. The van der Waals surface area contributed by atoms with Gasteiger partial charge in [-0.2, -0.15) is 0 Å². The number of aromatic nitrogens is 2. The maximum atomic E-state index is 11.4. The maximum absolute atomic E-state index is 11.4. The molecule has 0 radical (unpaired) electrons. The number of hydrazine groups is 1. The van der Waals surface area contributed by atoms with Crippen LogP contribution in [0.3, 0.4) is 0 Å². The van der Waals surface area contributed by atoms with Crippen molar-refractivity contribution in [3.05, 3.63) is 53.9 Å². The third kappa shape index (κ3) is 3.21. The van der Waals surface area contributed by atoms with Crippen LogP contribution in [0.25, 0.3) is 10.2 Å². The second-order valence-corrected chi connectivity index (χ2v) is 6.48. The summed E-state index contributed by atoms with van der Waals surface area (Å²) in [6.07, 6.45) is 0. The number of hydrogen-bond donors (Lipinski definition) is 2. The average molecular weight is 316 g/mol. The zero-order chi connectivity index (χ0) is 14.7. The van der Waals surface area contributed by atoms with Gasteiger partial charge in [-0.05, 0) is 24.3 Å². The van der Waals surface area contributed by atoms with Gasteiger partial charge in [0.2, 0.25) is 0 Å². The minimum Gasteiger partial charge on any atom is -0.289 e. The molecule has 3 aromatic rings. The van der Waals surface area contributed by atoms with Gasteiger partial charge in [-0.3, -0.25) is 10.2 Å². The molecule has 0 saturated carbocycles. The van der Waals surface area contributed by atoms with Gasteiger partial charge < -0.3 is 0 Å². The van der Waals surface area contributed by atoms with E-state index in [0.29, 0.717) is 11.4 Å². The molecule has 7 heteroatoms. The highest BCUT2D eigenvalue weighted by Crippen LogP contribution is 2.30. The summed E-state index contributed by atoms with van der Waals surface area (Å²) in [7, 11) is 0. The number of benzene rings is 1. The zero-order valence-corrected chi connectivity index (χ0v) is 12.6. The Morgan fingerprint density at radius 2 is 2.05 bits per heavy atom. The van der Waals surface area contributed by atoms with Crippen molar-refractivity contribution in [3.63, 3.8) is 0 Å². The topological polar surface area (TPSA) is 80.9 Å². The summed E-state index contributed by atoms with van der Waals surface area (Å²) in [5, 5.41) is 0. The lowest BCUT2D eigenvalue weighted by Gasteiger charge is -2.02. The predicted octanol–water partition coefficient (Wildman–Crippen LogP) is 2.59. The van der Waals surface area contributed by atoms with Crippen LogP contribution in [0.1, 0.15) is 16.2 Å². The molecule has 3 rings (SSSR count). The lowest BCUT2D eigenvalue weighted by molar-refractivity contribution is 0.0948. The first-order chi connectivity index (χ1) is 10.3. The van der Waals surface area contributed by atoms with Crippen LogP contribution in [0.2, 0.25) is 0 Å². The van der Waals surface area contributed by atoms with Crippen molar-refractivity contribution in [2.45, 2.75) is 10.1 Å². The number of fused-ring (bicyclic) bond motifs is 1. The number of carbonyl (C=O) groups excluding carboxylic acids is 1. The number of nitrogens with one attached hydrogen (secondary N) is 1. The van der Waals surface area contributed by atoms with E-state index in [1.165, 1.54) is 4.70 Å². The van der Waals surface area contributed by atoms with Gasteiger partial charge in [0.1, 0.15) is 5.69 Å². The SMILES string of the molecule is NNC(=O)c1cccc(CSc2nc3ccccc3s2)n1. The molecule has 0 fully saturated rings. The molecule has 0 aliphatic heterocycles.